The molecule has 4 aromatic heterocycles. The summed E-state index contributed by atoms with van der Waals surface area (Å²) in [7, 11) is 1.88. The molecule has 0 aromatic carbocycles. The first-order chi connectivity index (χ1) is 13.6. The molecule has 0 atom stereocenters. The average molecular weight is 445 g/mol. The number of rotatable bonds is 2. The second-order valence-corrected chi connectivity index (χ2v) is 7.14. The molecule has 30 heavy (non-hydrogen) atoms. The Morgan fingerprint density at radius 3 is 2.63 bits per heavy atom. The van der Waals surface area contributed by atoms with Crippen molar-refractivity contribution in [3.05, 3.63) is 64.3 Å². The van der Waals surface area contributed by atoms with Crippen molar-refractivity contribution in [2.24, 2.45) is 7.05 Å². The molecular weight excluding hydrogens is 423 g/mol. The van der Waals surface area contributed by atoms with E-state index in [2.05, 4.69) is 26.5 Å². The lowest BCUT2D eigenvalue weighted by Crippen LogP contribution is -2.20. The van der Waals surface area contributed by atoms with Crippen LogP contribution in [-0.4, -0.2) is 37.2 Å². The summed E-state index contributed by atoms with van der Waals surface area (Å²) in [4.78, 5) is 22.1. The van der Waals surface area contributed by atoms with Gasteiger partial charge in [0.25, 0.3) is 5.56 Å². The van der Waals surface area contributed by atoms with Crippen LogP contribution in [0.3, 0.4) is 0 Å². The molecule has 0 saturated carbocycles. The first-order valence-electron chi connectivity index (χ1n) is 9.33. The van der Waals surface area contributed by atoms with E-state index in [1.54, 1.807) is 15.1 Å². The van der Waals surface area contributed by atoms with Crippen LogP contribution in [0.2, 0.25) is 0 Å². The van der Waals surface area contributed by atoms with Gasteiger partial charge < -0.3 is 5.32 Å². The van der Waals surface area contributed by atoms with Gasteiger partial charge >= 0.3 is 0 Å². The van der Waals surface area contributed by atoms with Crippen molar-refractivity contribution in [1.29, 1.82) is 0 Å². The van der Waals surface area contributed by atoms with E-state index in [1.807, 2.05) is 44.6 Å². The molecule has 0 fully saturated rings. The van der Waals surface area contributed by atoms with Gasteiger partial charge in [0.05, 0.1) is 17.1 Å². The smallest absolute Gasteiger partial charge is 0.258 e. The van der Waals surface area contributed by atoms with Gasteiger partial charge in [-0.15, -0.1) is 24.8 Å². The molecule has 0 unspecified atom stereocenters. The molecule has 5 rings (SSSR count). The minimum Gasteiger partial charge on any atom is -0.313 e. The Kier molecular flexibility index (Phi) is 6.26. The first-order valence-corrected chi connectivity index (χ1v) is 9.33. The van der Waals surface area contributed by atoms with Crippen molar-refractivity contribution in [2.45, 2.75) is 13.3 Å². The molecule has 0 aliphatic carbocycles. The fraction of sp³-hybridized carbons (Fsp3) is 0.238. The van der Waals surface area contributed by atoms with Crippen LogP contribution in [0, 0.1) is 6.92 Å². The first kappa shape index (κ1) is 22.0. The van der Waals surface area contributed by atoms with Crippen LogP contribution in [0.25, 0.3) is 33.5 Å². The van der Waals surface area contributed by atoms with Crippen molar-refractivity contribution in [1.82, 2.24) is 29.5 Å². The van der Waals surface area contributed by atoms with Gasteiger partial charge in [-0.1, -0.05) is 6.08 Å². The van der Waals surface area contributed by atoms with E-state index in [0.717, 1.165) is 41.7 Å². The van der Waals surface area contributed by atoms with Gasteiger partial charge in [0.15, 0.2) is 0 Å². The Morgan fingerprint density at radius 2 is 1.87 bits per heavy atom. The van der Waals surface area contributed by atoms with Crippen LogP contribution in [0.15, 0.2) is 47.5 Å². The second kappa shape index (κ2) is 8.55. The number of hydrogen-bond acceptors (Lipinski definition) is 5. The zero-order valence-corrected chi connectivity index (χ0v) is 18.3. The van der Waals surface area contributed by atoms with E-state index in [9.17, 15) is 4.79 Å². The Hall–Kier alpha value is -2.74. The monoisotopic (exact) mass is 444 g/mol. The summed E-state index contributed by atoms with van der Waals surface area (Å²) in [6.45, 7) is 3.74. The number of pyridine rings is 2. The summed E-state index contributed by atoms with van der Waals surface area (Å²) in [5.74, 6) is 0. The Labute approximate surface area is 185 Å². The summed E-state index contributed by atoms with van der Waals surface area (Å²) in [5.41, 5.74) is 5.78. The summed E-state index contributed by atoms with van der Waals surface area (Å²) >= 11 is 0. The lowest BCUT2D eigenvalue weighted by molar-refractivity contribution is 0.738. The zero-order valence-electron chi connectivity index (χ0n) is 16.6. The molecule has 1 N–H and O–H groups in total. The van der Waals surface area contributed by atoms with E-state index in [4.69, 9.17) is 0 Å². The number of aryl methyl sites for hydroxylation is 2. The van der Waals surface area contributed by atoms with Gasteiger partial charge in [-0.25, -0.2) is 9.97 Å². The highest BCUT2D eigenvalue weighted by atomic mass is 35.5. The molecule has 1 aliphatic heterocycles. The maximum absolute atomic E-state index is 12.8. The fourth-order valence-electron chi connectivity index (χ4n) is 3.75. The average Bonchev–Trinajstić information content (AvgIpc) is 3.09. The highest BCUT2D eigenvalue weighted by Crippen LogP contribution is 2.23. The normalized spacial score (nSPS) is 13.6. The lowest BCUT2D eigenvalue weighted by Gasteiger charge is -2.15. The highest BCUT2D eigenvalue weighted by molar-refractivity contribution is 5.86. The molecule has 0 amide bonds. The number of aromatic nitrogens is 5. The minimum absolute atomic E-state index is 0. The zero-order chi connectivity index (χ0) is 19.3. The number of halogens is 2. The van der Waals surface area contributed by atoms with Crippen LogP contribution in [0.5, 0.6) is 0 Å². The topological polar surface area (TPSA) is 77.1 Å². The molecular formula is C21H22Cl2N6O. The number of nitrogens with one attached hydrogen (secondary N) is 1. The van der Waals surface area contributed by atoms with Gasteiger partial charge in [-0.2, -0.15) is 5.10 Å². The highest BCUT2D eigenvalue weighted by Gasteiger charge is 2.12. The van der Waals surface area contributed by atoms with Gasteiger partial charge in [0.2, 0.25) is 0 Å². The Bertz CT molecular complexity index is 1320. The van der Waals surface area contributed by atoms with E-state index in [-0.39, 0.29) is 30.4 Å². The predicted octanol–water partition coefficient (Wildman–Crippen LogP) is 3.17. The van der Waals surface area contributed by atoms with Crippen molar-refractivity contribution in [3.8, 4) is 11.4 Å². The van der Waals surface area contributed by atoms with E-state index in [1.165, 1.54) is 5.57 Å². The third-order valence-corrected chi connectivity index (χ3v) is 5.14. The van der Waals surface area contributed by atoms with Crippen LogP contribution < -0.4 is 10.9 Å². The standard InChI is InChI=1S/C21H20N6O.2ClH/c1-13-21-16(11-26(2)25-21)9-17(23-13)18-10-20(28)27-12-15(3-4-19(27)24-18)14-5-7-22-8-6-14;;/h3-5,9-12,22H,6-8H2,1-2H3;2*1H. The maximum Gasteiger partial charge on any atom is 0.258 e. The molecule has 0 saturated heterocycles. The molecule has 0 spiro atoms. The van der Waals surface area contributed by atoms with Gasteiger partial charge in [-0.3, -0.25) is 13.9 Å². The van der Waals surface area contributed by atoms with Crippen molar-refractivity contribution >= 4 is 46.9 Å². The molecule has 1 aliphatic rings. The van der Waals surface area contributed by atoms with Crippen LogP contribution in [-0.2, 0) is 7.05 Å². The van der Waals surface area contributed by atoms with E-state index >= 15 is 0 Å². The molecule has 4 aromatic rings. The van der Waals surface area contributed by atoms with Crippen molar-refractivity contribution in [3.63, 3.8) is 0 Å². The third-order valence-electron chi connectivity index (χ3n) is 5.14. The van der Waals surface area contributed by atoms with Crippen LogP contribution in [0.4, 0.5) is 0 Å². The SMILES string of the molecule is Cc1nc(-c2cc(=O)n3cc(C4=CCNCC4)ccc3n2)cc2cn(C)nc12.Cl.Cl. The quantitative estimate of drug-likeness (QED) is 0.513. The fourth-order valence-corrected chi connectivity index (χ4v) is 3.75. The van der Waals surface area contributed by atoms with Crippen molar-refractivity contribution < 1.29 is 0 Å². The second-order valence-electron chi connectivity index (χ2n) is 7.14. The molecule has 7 nitrogen and oxygen atoms in total. The number of fused-ring (bicyclic) bond motifs is 2. The summed E-state index contributed by atoms with van der Waals surface area (Å²) in [6, 6.07) is 7.42. The maximum atomic E-state index is 12.8. The molecule has 0 radical (unpaired) electrons. The summed E-state index contributed by atoms with van der Waals surface area (Å²) in [6.07, 6.45) is 6.96. The van der Waals surface area contributed by atoms with Crippen LogP contribution >= 0.6 is 24.8 Å². The molecule has 0 bridgehead atoms. The summed E-state index contributed by atoms with van der Waals surface area (Å²) < 4.78 is 3.37. The molecule has 156 valence electrons. The number of nitrogens with zero attached hydrogens (tertiary/aromatic N) is 5. The van der Waals surface area contributed by atoms with E-state index < -0.39 is 0 Å². The van der Waals surface area contributed by atoms with Crippen molar-refractivity contribution in [2.75, 3.05) is 13.1 Å². The van der Waals surface area contributed by atoms with Gasteiger partial charge in [-0.05, 0) is 49.2 Å². The van der Waals surface area contributed by atoms with E-state index in [0.29, 0.717) is 17.0 Å². The van der Waals surface area contributed by atoms with Gasteiger partial charge in [0.1, 0.15) is 11.2 Å². The summed E-state index contributed by atoms with van der Waals surface area (Å²) in [5, 5.41) is 8.72. The van der Waals surface area contributed by atoms with Gasteiger partial charge in [0, 0.05) is 37.4 Å². The Morgan fingerprint density at radius 1 is 1.07 bits per heavy atom. The Balaban J connectivity index is 0.00000128. The number of hydrogen-bond donors (Lipinski definition) is 1. The predicted molar refractivity (Wildman–Crippen MR) is 124 cm³/mol. The minimum atomic E-state index is -0.109. The molecule has 9 heteroatoms. The largest absolute Gasteiger partial charge is 0.313 e. The van der Waals surface area contributed by atoms with Crippen LogP contribution in [0.1, 0.15) is 17.7 Å². The molecule has 5 heterocycles. The lowest BCUT2D eigenvalue weighted by atomic mass is 10.0. The third kappa shape index (κ3) is 3.84.